The summed E-state index contributed by atoms with van der Waals surface area (Å²) in [7, 11) is -3.92. The molecule has 2 saturated carbocycles. The molecule has 2 aromatic rings. The van der Waals surface area contributed by atoms with Crippen molar-refractivity contribution in [3.8, 4) is 0 Å². The van der Waals surface area contributed by atoms with Crippen molar-refractivity contribution < 1.29 is 41.9 Å². The zero-order chi connectivity index (χ0) is 38.0. The van der Waals surface area contributed by atoms with Gasteiger partial charge >= 0.3 is 12.2 Å². The molecule has 6 rings (SSSR count). The minimum absolute atomic E-state index is 0.0230. The first kappa shape index (κ1) is 38.1. The molecule has 14 nitrogen and oxygen atoms in total. The molecule has 53 heavy (non-hydrogen) atoms. The molecule has 5 amide bonds. The van der Waals surface area contributed by atoms with Gasteiger partial charge in [-0.15, -0.1) is 0 Å². The largest absolute Gasteiger partial charge is 0.445 e. The van der Waals surface area contributed by atoms with Gasteiger partial charge in [-0.2, -0.15) is 0 Å². The third-order valence-electron chi connectivity index (χ3n) is 10.1. The SMILES string of the molecule is CC(C)(C)OC(=O)N[C@H]1CCCCC/C=C/C2C[C@]2(C(=O)NS(=O)(=O)C2CC2)NC(=O)[C@@H]2CN(C(=O)OCc3cccc4ccccc34)CCN2C1=O. The first-order valence-corrected chi connectivity index (χ1v) is 19.9. The number of benzene rings is 2. The molecule has 3 N–H and O–H groups in total. The van der Waals surface area contributed by atoms with Gasteiger partial charge in [0.1, 0.15) is 29.8 Å². The van der Waals surface area contributed by atoms with E-state index < -0.39 is 74.3 Å². The van der Waals surface area contributed by atoms with E-state index in [1.807, 2.05) is 54.6 Å². The van der Waals surface area contributed by atoms with Crippen LogP contribution < -0.4 is 15.4 Å². The molecular formula is C38H49N5O9S. The molecule has 286 valence electrons. The van der Waals surface area contributed by atoms with Crippen molar-refractivity contribution in [2.45, 2.75) is 107 Å². The van der Waals surface area contributed by atoms with E-state index in [1.165, 1.54) is 9.80 Å². The Hall–Kier alpha value is -4.66. The number of sulfonamides is 1. The van der Waals surface area contributed by atoms with Crippen LogP contribution in [0.15, 0.2) is 54.6 Å². The van der Waals surface area contributed by atoms with Gasteiger partial charge in [0.05, 0.1) is 11.8 Å². The molecule has 2 aromatic carbocycles. The van der Waals surface area contributed by atoms with Crippen molar-refractivity contribution in [2.75, 3.05) is 19.6 Å². The highest BCUT2D eigenvalue weighted by atomic mass is 32.2. The lowest BCUT2D eigenvalue weighted by atomic mass is 10.0. The normalized spacial score (nSPS) is 26.1. The summed E-state index contributed by atoms with van der Waals surface area (Å²) in [6.45, 7) is 4.83. The lowest BCUT2D eigenvalue weighted by Gasteiger charge is -2.41. The topological polar surface area (TPSA) is 181 Å². The smallest absolute Gasteiger partial charge is 0.410 e. The lowest BCUT2D eigenvalue weighted by Crippen LogP contribution is -2.66. The van der Waals surface area contributed by atoms with Crippen LogP contribution in [0.25, 0.3) is 10.8 Å². The van der Waals surface area contributed by atoms with Crippen LogP contribution in [0.1, 0.15) is 77.7 Å². The van der Waals surface area contributed by atoms with Crippen LogP contribution in [0.3, 0.4) is 0 Å². The van der Waals surface area contributed by atoms with Gasteiger partial charge in [0.2, 0.25) is 21.8 Å². The van der Waals surface area contributed by atoms with Crippen molar-refractivity contribution in [3.05, 3.63) is 60.2 Å². The Morgan fingerprint density at radius 3 is 2.49 bits per heavy atom. The average Bonchev–Trinajstić information content (AvgIpc) is 4.04. The minimum Gasteiger partial charge on any atom is -0.445 e. The summed E-state index contributed by atoms with van der Waals surface area (Å²) in [6, 6.07) is 11.1. The molecule has 2 aliphatic carbocycles. The number of rotatable bonds is 6. The number of nitrogens with zero attached hydrogens (tertiary/aromatic N) is 2. The number of alkyl carbamates (subject to hydrolysis) is 1. The fourth-order valence-corrected chi connectivity index (χ4v) is 8.37. The Kier molecular flexibility index (Phi) is 11.0. The summed E-state index contributed by atoms with van der Waals surface area (Å²) in [4.78, 5) is 71.5. The maximum atomic E-state index is 14.4. The van der Waals surface area contributed by atoms with Crippen LogP contribution in [0.2, 0.25) is 0 Å². The van der Waals surface area contributed by atoms with Crippen LogP contribution >= 0.6 is 0 Å². The number of hydrogen-bond acceptors (Lipinski definition) is 9. The van der Waals surface area contributed by atoms with Gasteiger partial charge in [-0.25, -0.2) is 18.0 Å². The fraction of sp³-hybridized carbons (Fsp3) is 0.553. The van der Waals surface area contributed by atoms with Crippen LogP contribution in [0.4, 0.5) is 9.59 Å². The quantitative estimate of drug-likeness (QED) is 0.369. The number of amides is 5. The summed E-state index contributed by atoms with van der Waals surface area (Å²) >= 11 is 0. The van der Waals surface area contributed by atoms with Crippen molar-refractivity contribution in [2.24, 2.45) is 5.92 Å². The Balaban J connectivity index is 1.26. The highest BCUT2D eigenvalue weighted by molar-refractivity contribution is 7.91. The van der Waals surface area contributed by atoms with E-state index >= 15 is 0 Å². The third kappa shape index (κ3) is 9.11. The average molecular weight is 752 g/mol. The van der Waals surface area contributed by atoms with Crippen LogP contribution in [-0.2, 0) is 40.5 Å². The molecule has 4 atom stereocenters. The van der Waals surface area contributed by atoms with Gasteiger partial charge in [0, 0.05) is 19.0 Å². The molecule has 15 heteroatoms. The number of hydrogen-bond donors (Lipinski definition) is 3. The third-order valence-corrected chi connectivity index (χ3v) is 12.0. The summed E-state index contributed by atoms with van der Waals surface area (Å²) in [5.74, 6) is -2.57. The fourth-order valence-electron chi connectivity index (χ4n) is 7.01. The van der Waals surface area contributed by atoms with E-state index in [1.54, 1.807) is 20.8 Å². The number of carbonyl (C=O) groups is 5. The van der Waals surface area contributed by atoms with Crippen LogP contribution in [-0.4, -0.2) is 96.2 Å². The van der Waals surface area contributed by atoms with E-state index in [2.05, 4.69) is 15.4 Å². The van der Waals surface area contributed by atoms with Crippen molar-refractivity contribution in [1.29, 1.82) is 0 Å². The second-order valence-electron chi connectivity index (χ2n) is 15.4. The molecule has 4 aliphatic rings. The van der Waals surface area contributed by atoms with E-state index in [0.29, 0.717) is 25.7 Å². The number of fused-ring (bicyclic) bond motifs is 3. The van der Waals surface area contributed by atoms with E-state index in [9.17, 15) is 32.4 Å². The summed E-state index contributed by atoms with van der Waals surface area (Å²) in [6.07, 6.45) is 6.45. The van der Waals surface area contributed by atoms with Crippen molar-refractivity contribution >= 4 is 50.7 Å². The molecular weight excluding hydrogens is 703 g/mol. The molecule has 0 spiro atoms. The monoisotopic (exact) mass is 751 g/mol. The first-order chi connectivity index (χ1) is 25.2. The Labute approximate surface area is 310 Å². The van der Waals surface area contributed by atoms with Gasteiger partial charge in [-0.1, -0.05) is 67.5 Å². The predicted molar refractivity (Wildman–Crippen MR) is 196 cm³/mol. The Morgan fingerprint density at radius 2 is 1.74 bits per heavy atom. The van der Waals surface area contributed by atoms with E-state index in [4.69, 9.17) is 9.47 Å². The standard InChI is InChI=1S/C38H49N5O9S/c1-37(2,3)52-35(47)39-30-17-8-6-4-5-7-15-27-22-38(27,34(46)41-53(49,50)28-18-19-28)40-32(44)31-23-42(20-21-43(31)33(30)45)36(48)51-24-26-14-11-13-25-12-9-10-16-29(25)26/h7,9-16,27-28,30-31H,4-6,8,17-24H2,1-3H3,(H,39,47)(H,40,44)(H,41,46)/b15-7+/t27?,30-,31-,38-/m0/s1. The zero-order valence-electron chi connectivity index (χ0n) is 30.5. The first-order valence-electron chi connectivity index (χ1n) is 18.4. The number of piperazine rings is 1. The van der Waals surface area contributed by atoms with Crippen molar-refractivity contribution in [3.63, 3.8) is 0 Å². The Bertz CT molecular complexity index is 1880. The van der Waals surface area contributed by atoms with Gasteiger partial charge in [0.25, 0.3) is 5.91 Å². The summed E-state index contributed by atoms with van der Waals surface area (Å²) < 4.78 is 39.0. The predicted octanol–water partition coefficient (Wildman–Crippen LogP) is 3.89. The molecule has 1 saturated heterocycles. The van der Waals surface area contributed by atoms with E-state index in [-0.39, 0.29) is 39.1 Å². The molecule has 0 aromatic heterocycles. The molecule has 1 unspecified atom stereocenters. The summed E-state index contributed by atoms with van der Waals surface area (Å²) in [5.41, 5.74) is -1.58. The number of ether oxygens (including phenoxy) is 2. The van der Waals surface area contributed by atoms with E-state index in [0.717, 1.165) is 29.2 Å². The second kappa shape index (κ2) is 15.4. The maximum absolute atomic E-state index is 14.4. The lowest BCUT2D eigenvalue weighted by molar-refractivity contribution is -0.146. The number of nitrogens with one attached hydrogen (secondary N) is 3. The van der Waals surface area contributed by atoms with Gasteiger partial charge in [-0.05, 0) is 75.6 Å². The van der Waals surface area contributed by atoms with Crippen molar-refractivity contribution in [1.82, 2.24) is 25.2 Å². The molecule has 0 radical (unpaired) electrons. The highest BCUT2D eigenvalue weighted by Gasteiger charge is 2.62. The highest BCUT2D eigenvalue weighted by Crippen LogP contribution is 2.46. The molecule has 3 fully saturated rings. The van der Waals surface area contributed by atoms with Gasteiger partial charge < -0.3 is 29.9 Å². The van der Waals surface area contributed by atoms with Crippen LogP contribution in [0, 0.1) is 5.92 Å². The second-order valence-corrected chi connectivity index (χ2v) is 17.4. The van der Waals surface area contributed by atoms with Gasteiger partial charge in [-0.3, -0.25) is 19.1 Å². The molecule has 2 aliphatic heterocycles. The number of carbonyl (C=O) groups excluding carboxylic acids is 5. The number of allylic oxidation sites excluding steroid dienone is 1. The Morgan fingerprint density at radius 1 is 0.981 bits per heavy atom. The zero-order valence-corrected chi connectivity index (χ0v) is 31.3. The van der Waals surface area contributed by atoms with Crippen LogP contribution in [0.5, 0.6) is 0 Å². The molecule has 0 bridgehead atoms. The minimum atomic E-state index is -3.92. The molecule has 2 heterocycles. The maximum Gasteiger partial charge on any atom is 0.410 e. The van der Waals surface area contributed by atoms with Gasteiger partial charge in [0.15, 0.2) is 0 Å². The summed E-state index contributed by atoms with van der Waals surface area (Å²) in [5, 5.41) is 6.79.